The summed E-state index contributed by atoms with van der Waals surface area (Å²) in [5.74, 6) is -1.73. The number of nitrogens with one attached hydrogen (secondary N) is 1. The first-order chi connectivity index (χ1) is 8.06. The fourth-order valence-corrected chi connectivity index (χ4v) is 1.25. The van der Waals surface area contributed by atoms with Gasteiger partial charge in [0.25, 0.3) is 5.91 Å². The largest absolute Gasteiger partial charge is 0.478 e. The first-order valence-corrected chi connectivity index (χ1v) is 4.68. The van der Waals surface area contributed by atoms with Crippen LogP contribution in [0.1, 0.15) is 20.9 Å². The molecule has 0 aromatic carbocycles. The number of furan rings is 1. The van der Waals surface area contributed by atoms with E-state index in [2.05, 4.69) is 10.4 Å². The van der Waals surface area contributed by atoms with Crippen LogP contribution in [0.25, 0.3) is 0 Å². The van der Waals surface area contributed by atoms with E-state index in [-0.39, 0.29) is 11.3 Å². The summed E-state index contributed by atoms with van der Waals surface area (Å²) in [7, 11) is 1.71. The topological polar surface area (TPSA) is 97.4 Å². The lowest BCUT2D eigenvalue weighted by atomic mass is 10.3. The number of aromatic nitrogens is 2. The van der Waals surface area contributed by atoms with E-state index in [0.717, 1.165) is 12.3 Å². The van der Waals surface area contributed by atoms with Gasteiger partial charge < -0.3 is 14.8 Å². The molecule has 0 aliphatic carbocycles. The Hall–Kier alpha value is -2.57. The van der Waals surface area contributed by atoms with Crippen LogP contribution in [0.15, 0.2) is 29.1 Å². The van der Waals surface area contributed by atoms with Gasteiger partial charge in [0.05, 0.1) is 17.4 Å². The predicted molar refractivity (Wildman–Crippen MR) is 56.8 cm³/mol. The van der Waals surface area contributed by atoms with Gasteiger partial charge in [-0.25, -0.2) is 4.79 Å². The summed E-state index contributed by atoms with van der Waals surface area (Å²) in [6, 6.07) is 1.16. The van der Waals surface area contributed by atoms with Crippen LogP contribution < -0.4 is 5.32 Å². The number of anilines is 1. The lowest BCUT2D eigenvalue weighted by molar-refractivity contribution is 0.0696. The fraction of sp³-hybridized carbons (Fsp3) is 0.100. The molecule has 0 atom stereocenters. The van der Waals surface area contributed by atoms with Gasteiger partial charge in [0.15, 0.2) is 5.76 Å². The molecule has 2 rings (SSSR count). The molecule has 0 unspecified atom stereocenters. The van der Waals surface area contributed by atoms with Crippen molar-refractivity contribution in [2.24, 2.45) is 7.05 Å². The summed E-state index contributed by atoms with van der Waals surface area (Å²) in [6.45, 7) is 0. The third-order valence-electron chi connectivity index (χ3n) is 2.03. The average Bonchev–Trinajstić information content (AvgIpc) is 2.86. The molecule has 0 aliphatic rings. The van der Waals surface area contributed by atoms with Crippen LogP contribution in [0.4, 0.5) is 5.69 Å². The van der Waals surface area contributed by atoms with Gasteiger partial charge >= 0.3 is 5.97 Å². The van der Waals surface area contributed by atoms with Crippen LogP contribution in [-0.2, 0) is 7.05 Å². The Morgan fingerprint density at radius 3 is 2.82 bits per heavy atom. The highest BCUT2D eigenvalue weighted by atomic mass is 16.4. The van der Waals surface area contributed by atoms with Crippen molar-refractivity contribution in [1.29, 1.82) is 0 Å². The Balaban J connectivity index is 2.11. The average molecular weight is 235 g/mol. The SMILES string of the molecule is Cn1cc(NC(=O)c2cc(C(=O)O)co2)cn1. The minimum atomic E-state index is -1.14. The molecule has 1 amide bonds. The number of hydrogen-bond acceptors (Lipinski definition) is 4. The van der Waals surface area contributed by atoms with Gasteiger partial charge in [-0.15, -0.1) is 0 Å². The van der Waals surface area contributed by atoms with Crippen LogP contribution in [-0.4, -0.2) is 26.8 Å². The molecule has 2 aromatic rings. The molecule has 7 nitrogen and oxygen atoms in total. The lowest BCUT2D eigenvalue weighted by Crippen LogP contribution is -2.10. The third-order valence-corrected chi connectivity index (χ3v) is 2.03. The number of carboxylic acids is 1. The fourth-order valence-electron chi connectivity index (χ4n) is 1.25. The Kier molecular flexibility index (Phi) is 2.65. The number of rotatable bonds is 3. The Morgan fingerprint density at radius 1 is 1.53 bits per heavy atom. The van der Waals surface area contributed by atoms with Gasteiger partial charge in [-0.05, 0) is 0 Å². The molecule has 2 aromatic heterocycles. The van der Waals surface area contributed by atoms with E-state index >= 15 is 0 Å². The predicted octanol–water partition coefficient (Wildman–Crippen LogP) is 0.964. The normalized spacial score (nSPS) is 10.2. The van der Waals surface area contributed by atoms with Crippen LogP contribution in [0.3, 0.4) is 0 Å². The monoisotopic (exact) mass is 235 g/mol. The lowest BCUT2D eigenvalue weighted by Gasteiger charge is -1.97. The van der Waals surface area contributed by atoms with Crippen molar-refractivity contribution in [3.05, 3.63) is 36.0 Å². The zero-order valence-corrected chi connectivity index (χ0v) is 8.88. The molecular weight excluding hydrogens is 226 g/mol. The highest BCUT2D eigenvalue weighted by molar-refractivity contribution is 6.03. The molecule has 2 heterocycles. The van der Waals surface area contributed by atoms with Gasteiger partial charge in [0.1, 0.15) is 6.26 Å². The Bertz CT molecular complexity index is 570. The molecule has 0 bridgehead atoms. The van der Waals surface area contributed by atoms with E-state index in [1.165, 1.54) is 10.9 Å². The Morgan fingerprint density at radius 2 is 2.29 bits per heavy atom. The summed E-state index contributed by atoms with van der Waals surface area (Å²) in [4.78, 5) is 22.2. The number of aryl methyl sites for hydroxylation is 1. The first kappa shape index (κ1) is 10.9. The molecule has 2 N–H and O–H groups in total. The second-order valence-corrected chi connectivity index (χ2v) is 3.36. The van der Waals surface area contributed by atoms with Crippen LogP contribution in [0, 0.1) is 0 Å². The molecule has 7 heteroatoms. The van der Waals surface area contributed by atoms with Crippen molar-refractivity contribution in [1.82, 2.24) is 9.78 Å². The van der Waals surface area contributed by atoms with Gasteiger partial charge in [0, 0.05) is 19.3 Å². The van der Waals surface area contributed by atoms with E-state index in [9.17, 15) is 9.59 Å². The van der Waals surface area contributed by atoms with Crippen molar-refractivity contribution in [3.8, 4) is 0 Å². The van der Waals surface area contributed by atoms with Gasteiger partial charge in [-0.2, -0.15) is 5.10 Å². The summed E-state index contributed by atoms with van der Waals surface area (Å²) >= 11 is 0. The zero-order chi connectivity index (χ0) is 12.4. The maximum absolute atomic E-state index is 11.6. The maximum atomic E-state index is 11.6. The maximum Gasteiger partial charge on any atom is 0.338 e. The van der Waals surface area contributed by atoms with Crippen molar-refractivity contribution >= 4 is 17.6 Å². The number of carbonyl (C=O) groups excluding carboxylic acids is 1. The number of amides is 1. The number of carboxylic acid groups (broad SMARTS) is 1. The molecule has 88 valence electrons. The van der Waals surface area contributed by atoms with Crippen molar-refractivity contribution in [2.45, 2.75) is 0 Å². The summed E-state index contributed by atoms with van der Waals surface area (Å²) in [5, 5.41) is 15.1. The minimum Gasteiger partial charge on any atom is -0.478 e. The van der Waals surface area contributed by atoms with E-state index in [1.807, 2.05) is 0 Å². The van der Waals surface area contributed by atoms with Crippen molar-refractivity contribution in [2.75, 3.05) is 5.32 Å². The summed E-state index contributed by atoms with van der Waals surface area (Å²) in [5.41, 5.74) is 0.437. The second-order valence-electron chi connectivity index (χ2n) is 3.36. The van der Waals surface area contributed by atoms with Gasteiger partial charge in [0.2, 0.25) is 0 Å². The quantitative estimate of drug-likeness (QED) is 0.825. The molecule has 0 fully saturated rings. The summed E-state index contributed by atoms with van der Waals surface area (Å²) < 4.78 is 6.37. The van der Waals surface area contributed by atoms with E-state index < -0.39 is 11.9 Å². The molecule has 0 spiro atoms. The first-order valence-electron chi connectivity index (χ1n) is 4.68. The smallest absolute Gasteiger partial charge is 0.338 e. The number of aromatic carboxylic acids is 1. The van der Waals surface area contributed by atoms with Gasteiger partial charge in [-0.1, -0.05) is 0 Å². The number of hydrogen-bond donors (Lipinski definition) is 2. The molecule has 0 aliphatic heterocycles. The molecule has 17 heavy (non-hydrogen) atoms. The zero-order valence-electron chi connectivity index (χ0n) is 8.88. The Labute approximate surface area is 95.7 Å². The third kappa shape index (κ3) is 2.33. The molecular formula is C10H9N3O4. The standard InChI is InChI=1S/C10H9N3O4/c1-13-4-7(3-11-13)12-9(14)8-2-6(5-17-8)10(15)16/h2-5H,1H3,(H,12,14)(H,15,16). The molecule has 0 saturated carbocycles. The van der Waals surface area contributed by atoms with Crippen LogP contribution >= 0.6 is 0 Å². The minimum absolute atomic E-state index is 0.0637. The van der Waals surface area contributed by atoms with Crippen LogP contribution in [0.5, 0.6) is 0 Å². The highest BCUT2D eigenvalue weighted by Gasteiger charge is 2.15. The number of carbonyl (C=O) groups is 2. The van der Waals surface area contributed by atoms with Crippen LogP contribution in [0.2, 0.25) is 0 Å². The molecule has 0 saturated heterocycles. The van der Waals surface area contributed by atoms with Crippen molar-refractivity contribution < 1.29 is 19.1 Å². The van der Waals surface area contributed by atoms with Crippen molar-refractivity contribution in [3.63, 3.8) is 0 Å². The van der Waals surface area contributed by atoms with E-state index in [0.29, 0.717) is 5.69 Å². The highest BCUT2D eigenvalue weighted by Crippen LogP contribution is 2.11. The van der Waals surface area contributed by atoms with E-state index in [4.69, 9.17) is 9.52 Å². The van der Waals surface area contributed by atoms with E-state index in [1.54, 1.807) is 13.2 Å². The molecule has 0 radical (unpaired) electrons. The van der Waals surface area contributed by atoms with Gasteiger partial charge in [-0.3, -0.25) is 9.48 Å². The number of nitrogens with zero attached hydrogens (tertiary/aromatic N) is 2. The second kappa shape index (κ2) is 4.12. The summed E-state index contributed by atoms with van der Waals surface area (Å²) in [6.07, 6.45) is 4.10.